The highest BCUT2D eigenvalue weighted by Gasteiger charge is 2.17. The van der Waals surface area contributed by atoms with Gasteiger partial charge in [-0.15, -0.1) is 0 Å². The molecule has 1 aliphatic rings. The van der Waals surface area contributed by atoms with Crippen LogP contribution in [-0.2, 0) is 6.42 Å². The van der Waals surface area contributed by atoms with Crippen molar-refractivity contribution in [1.29, 1.82) is 0 Å². The molecule has 2 rings (SSSR count). The van der Waals surface area contributed by atoms with E-state index >= 15 is 0 Å². The zero-order valence-electron chi connectivity index (χ0n) is 7.19. The van der Waals surface area contributed by atoms with Crippen LogP contribution in [0.1, 0.15) is 29.6 Å². The number of hydrogen-bond donors (Lipinski definition) is 0. The molecule has 0 bridgehead atoms. The second-order valence-electron chi connectivity index (χ2n) is 3.29. The summed E-state index contributed by atoms with van der Waals surface area (Å²) in [5.41, 5.74) is 4.12. The van der Waals surface area contributed by atoms with Crippen LogP contribution in [0.5, 0.6) is 0 Å². The Bertz CT molecular complexity index is 329. The van der Waals surface area contributed by atoms with Crippen molar-refractivity contribution in [2.24, 2.45) is 0 Å². The molecule has 0 saturated carbocycles. The summed E-state index contributed by atoms with van der Waals surface area (Å²) < 4.78 is 5.55. The lowest BCUT2D eigenvalue weighted by Gasteiger charge is -1.92. The van der Waals surface area contributed by atoms with Crippen LogP contribution in [0, 0.1) is 13.8 Å². The van der Waals surface area contributed by atoms with Gasteiger partial charge in [0.1, 0.15) is 11.5 Å². The smallest absolute Gasteiger partial charge is 0.130 e. The Morgan fingerprint density at radius 1 is 1.27 bits per heavy atom. The molecule has 0 unspecified atom stereocenters. The van der Waals surface area contributed by atoms with Crippen molar-refractivity contribution < 1.29 is 4.42 Å². The molecule has 1 heterocycles. The number of allylic oxidation sites excluding steroid dienone is 1. The predicted molar refractivity (Wildman–Crippen MR) is 45.5 cm³/mol. The average Bonchev–Trinajstić information content (AvgIpc) is 2.37. The van der Waals surface area contributed by atoms with Gasteiger partial charge in [0.2, 0.25) is 0 Å². The predicted octanol–water partition coefficient (Wildman–Crippen LogP) is 2.86. The monoisotopic (exact) mass is 148 g/mol. The zero-order chi connectivity index (χ0) is 8.01. The van der Waals surface area contributed by atoms with Crippen LogP contribution in [0.3, 0.4) is 0 Å². The number of fused-ring (bicyclic) bond motifs is 1. The molecule has 0 atom stereocenters. The first kappa shape index (κ1) is 6.71. The van der Waals surface area contributed by atoms with E-state index in [9.17, 15) is 0 Å². The van der Waals surface area contributed by atoms with Gasteiger partial charge in [-0.2, -0.15) is 0 Å². The lowest BCUT2D eigenvalue weighted by Crippen LogP contribution is -1.82. The van der Waals surface area contributed by atoms with Gasteiger partial charge in [-0.1, -0.05) is 5.57 Å². The lowest BCUT2D eigenvalue weighted by atomic mass is 10.1. The van der Waals surface area contributed by atoms with Gasteiger partial charge >= 0.3 is 0 Å². The Morgan fingerprint density at radius 3 is 2.64 bits per heavy atom. The van der Waals surface area contributed by atoms with Gasteiger partial charge in [-0.25, -0.2) is 0 Å². The molecular formula is C10H12O. The summed E-state index contributed by atoms with van der Waals surface area (Å²) in [6, 6.07) is 0. The third kappa shape index (κ3) is 0.839. The first-order valence-electron chi connectivity index (χ1n) is 3.94. The van der Waals surface area contributed by atoms with E-state index in [1.54, 1.807) is 0 Å². The first-order valence-corrected chi connectivity index (χ1v) is 3.94. The number of aryl methyl sites for hydroxylation is 1. The Balaban J connectivity index is 2.59. The van der Waals surface area contributed by atoms with Gasteiger partial charge in [0.05, 0.1) is 0 Å². The molecule has 0 fully saturated rings. The van der Waals surface area contributed by atoms with Gasteiger partial charge in [-0.05, 0) is 38.8 Å². The maximum atomic E-state index is 5.55. The Kier molecular flexibility index (Phi) is 1.22. The average molecular weight is 148 g/mol. The van der Waals surface area contributed by atoms with Crippen LogP contribution < -0.4 is 0 Å². The van der Waals surface area contributed by atoms with Crippen molar-refractivity contribution >= 4 is 6.08 Å². The Labute approximate surface area is 66.7 Å². The summed E-state index contributed by atoms with van der Waals surface area (Å²) in [7, 11) is 0. The molecule has 0 aliphatic heterocycles. The summed E-state index contributed by atoms with van der Waals surface area (Å²) in [5, 5.41) is 0. The highest BCUT2D eigenvalue weighted by Crippen LogP contribution is 2.31. The van der Waals surface area contributed by atoms with Gasteiger partial charge in [0.15, 0.2) is 0 Å². The van der Waals surface area contributed by atoms with Crippen LogP contribution in [0.4, 0.5) is 0 Å². The molecule has 0 saturated heterocycles. The molecule has 0 spiro atoms. The van der Waals surface area contributed by atoms with Crippen LogP contribution >= 0.6 is 0 Å². The summed E-state index contributed by atoms with van der Waals surface area (Å²) in [6.45, 7) is 6.30. The molecule has 0 aromatic carbocycles. The number of hydrogen-bond acceptors (Lipinski definition) is 1. The fourth-order valence-electron chi connectivity index (χ4n) is 1.59. The summed E-state index contributed by atoms with van der Waals surface area (Å²) >= 11 is 0. The van der Waals surface area contributed by atoms with Crippen molar-refractivity contribution in [3.8, 4) is 0 Å². The molecular weight excluding hydrogens is 136 g/mol. The second kappa shape index (κ2) is 2.00. The van der Waals surface area contributed by atoms with Crippen molar-refractivity contribution in [1.82, 2.24) is 0 Å². The maximum absolute atomic E-state index is 5.55. The van der Waals surface area contributed by atoms with E-state index in [0.717, 1.165) is 17.9 Å². The minimum absolute atomic E-state index is 1.07. The van der Waals surface area contributed by atoms with Crippen molar-refractivity contribution in [2.75, 3.05) is 0 Å². The van der Waals surface area contributed by atoms with Crippen LogP contribution in [-0.4, -0.2) is 0 Å². The number of rotatable bonds is 0. The molecule has 11 heavy (non-hydrogen) atoms. The van der Waals surface area contributed by atoms with Crippen molar-refractivity contribution in [3.05, 3.63) is 28.2 Å². The third-order valence-corrected chi connectivity index (χ3v) is 2.37. The molecule has 1 aliphatic carbocycles. The summed E-state index contributed by atoms with van der Waals surface area (Å²) in [4.78, 5) is 0. The zero-order valence-corrected chi connectivity index (χ0v) is 7.19. The molecule has 1 nitrogen and oxygen atoms in total. The Morgan fingerprint density at radius 2 is 2.00 bits per heavy atom. The maximum Gasteiger partial charge on any atom is 0.130 e. The number of furan rings is 1. The van der Waals surface area contributed by atoms with Crippen LogP contribution in [0.25, 0.3) is 6.08 Å². The van der Waals surface area contributed by atoms with Gasteiger partial charge in [0.25, 0.3) is 0 Å². The van der Waals surface area contributed by atoms with E-state index in [4.69, 9.17) is 4.42 Å². The van der Waals surface area contributed by atoms with E-state index in [2.05, 4.69) is 19.9 Å². The standard InChI is InChI=1S/C10H12O/c1-6-4-9-7(2)8(3)11-10(9)5-6/h5H,4H2,1-3H3. The Hall–Kier alpha value is -0.980. The molecule has 1 aromatic rings. The fraction of sp³-hybridized carbons (Fsp3) is 0.400. The highest BCUT2D eigenvalue weighted by molar-refractivity contribution is 5.61. The third-order valence-electron chi connectivity index (χ3n) is 2.37. The molecule has 0 radical (unpaired) electrons. The topological polar surface area (TPSA) is 13.1 Å². The molecule has 0 amide bonds. The molecule has 58 valence electrons. The molecule has 0 N–H and O–H groups in total. The van der Waals surface area contributed by atoms with Gasteiger partial charge in [0, 0.05) is 5.56 Å². The van der Waals surface area contributed by atoms with Gasteiger partial charge < -0.3 is 4.42 Å². The fourth-order valence-corrected chi connectivity index (χ4v) is 1.59. The first-order chi connectivity index (χ1) is 5.18. The SMILES string of the molecule is CC1=Cc2oc(C)c(C)c2C1. The van der Waals surface area contributed by atoms with E-state index < -0.39 is 0 Å². The normalized spacial score (nSPS) is 15.0. The molecule has 1 heteroatoms. The highest BCUT2D eigenvalue weighted by atomic mass is 16.3. The second-order valence-corrected chi connectivity index (χ2v) is 3.29. The largest absolute Gasteiger partial charge is 0.461 e. The van der Waals surface area contributed by atoms with Crippen molar-refractivity contribution in [2.45, 2.75) is 27.2 Å². The van der Waals surface area contributed by atoms with E-state index in [1.807, 2.05) is 6.92 Å². The van der Waals surface area contributed by atoms with Crippen molar-refractivity contribution in [3.63, 3.8) is 0 Å². The summed E-state index contributed by atoms with van der Waals surface area (Å²) in [6.07, 6.45) is 3.22. The van der Waals surface area contributed by atoms with E-state index in [0.29, 0.717) is 0 Å². The molecule has 1 aromatic heterocycles. The quantitative estimate of drug-likeness (QED) is 0.551. The minimum Gasteiger partial charge on any atom is -0.461 e. The minimum atomic E-state index is 1.07. The lowest BCUT2D eigenvalue weighted by molar-refractivity contribution is 0.522. The van der Waals surface area contributed by atoms with Gasteiger partial charge in [-0.3, -0.25) is 0 Å². The van der Waals surface area contributed by atoms with E-state index in [-0.39, 0.29) is 0 Å². The van der Waals surface area contributed by atoms with E-state index in [1.165, 1.54) is 16.7 Å². The summed E-state index contributed by atoms with van der Waals surface area (Å²) in [5.74, 6) is 2.15. The van der Waals surface area contributed by atoms with Crippen LogP contribution in [0.15, 0.2) is 9.99 Å². The van der Waals surface area contributed by atoms with Crippen LogP contribution in [0.2, 0.25) is 0 Å².